The summed E-state index contributed by atoms with van der Waals surface area (Å²) < 4.78 is 13.0. The molecule has 0 N–H and O–H groups in total. The van der Waals surface area contributed by atoms with Crippen molar-refractivity contribution in [3.63, 3.8) is 0 Å². The van der Waals surface area contributed by atoms with Crippen LogP contribution in [0.4, 0.5) is 10.1 Å². The van der Waals surface area contributed by atoms with Crippen molar-refractivity contribution < 1.29 is 4.39 Å². The highest BCUT2D eigenvalue weighted by Gasteiger charge is 2.17. The molecule has 0 unspecified atom stereocenters. The molecule has 1 atom stereocenters. The molecule has 0 amide bonds. The van der Waals surface area contributed by atoms with Crippen molar-refractivity contribution >= 4 is 5.69 Å². The molecule has 2 aromatic rings. The number of rotatable bonds is 5. The van der Waals surface area contributed by atoms with Crippen LogP contribution >= 0.6 is 0 Å². The highest BCUT2D eigenvalue weighted by atomic mass is 19.1. The summed E-state index contributed by atoms with van der Waals surface area (Å²) in [7, 11) is 0. The molecule has 23 heavy (non-hydrogen) atoms. The number of piperazine rings is 1. The van der Waals surface area contributed by atoms with Gasteiger partial charge in [0.25, 0.3) is 0 Å². The Morgan fingerprint density at radius 2 is 1.57 bits per heavy atom. The Hall–Kier alpha value is -1.87. The molecule has 2 aromatic carbocycles. The molecule has 1 saturated heterocycles. The number of benzene rings is 2. The summed E-state index contributed by atoms with van der Waals surface area (Å²) in [5.74, 6) is 0.439. The Morgan fingerprint density at radius 1 is 0.913 bits per heavy atom. The first-order chi connectivity index (χ1) is 11.2. The summed E-state index contributed by atoms with van der Waals surface area (Å²) in [6.45, 7) is 7.66. The molecule has 0 spiro atoms. The second-order valence-electron chi connectivity index (χ2n) is 6.41. The number of nitrogens with zero attached hydrogens (tertiary/aromatic N) is 2. The van der Waals surface area contributed by atoms with E-state index in [1.54, 1.807) is 12.1 Å². The highest BCUT2D eigenvalue weighted by molar-refractivity contribution is 5.46. The van der Waals surface area contributed by atoms with Gasteiger partial charge in [0.05, 0.1) is 0 Å². The van der Waals surface area contributed by atoms with E-state index in [1.165, 1.54) is 12.0 Å². The fourth-order valence-corrected chi connectivity index (χ4v) is 3.21. The van der Waals surface area contributed by atoms with Crippen LogP contribution < -0.4 is 4.90 Å². The SMILES string of the molecule is C[C@H](CCN1CCN(c2ccc(F)cc2)CC1)c1ccccc1. The molecule has 3 rings (SSSR count). The van der Waals surface area contributed by atoms with E-state index < -0.39 is 0 Å². The molecule has 1 aliphatic rings. The molecular formula is C20H25FN2. The van der Waals surface area contributed by atoms with Crippen LogP contribution in [0.2, 0.25) is 0 Å². The molecule has 1 heterocycles. The van der Waals surface area contributed by atoms with Crippen LogP contribution in [0.5, 0.6) is 0 Å². The topological polar surface area (TPSA) is 6.48 Å². The van der Waals surface area contributed by atoms with Crippen LogP contribution in [0, 0.1) is 5.82 Å². The molecule has 0 aromatic heterocycles. The Kier molecular flexibility index (Phi) is 5.29. The second-order valence-corrected chi connectivity index (χ2v) is 6.41. The summed E-state index contributed by atoms with van der Waals surface area (Å²) in [6, 6.07) is 17.6. The zero-order valence-corrected chi connectivity index (χ0v) is 13.8. The van der Waals surface area contributed by atoms with E-state index in [-0.39, 0.29) is 5.82 Å². The third-order valence-corrected chi connectivity index (χ3v) is 4.81. The molecular weight excluding hydrogens is 287 g/mol. The van der Waals surface area contributed by atoms with Gasteiger partial charge in [-0.15, -0.1) is 0 Å². The van der Waals surface area contributed by atoms with Crippen LogP contribution in [-0.4, -0.2) is 37.6 Å². The van der Waals surface area contributed by atoms with E-state index >= 15 is 0 Å². The number of hydrogen-bond donors (Lipinski definition) is 0. The smallest absolute Gasteiger partial charge is 0.123 e. The molecule has 1 aliphatic heterocycles. The summed E-state index contributed by atoms with van der Waals surface area (Å²) in [6.07, 6.45) is 1.20. The van der Waals surface area contributed by atoms with Crippen molar-refractivity contribution in [2.45, 2.75) is 19.3 Å². The molecule has 3 heteroatoms. The van der Waals surface area contributed by atoms with Crippen LogP contribution in [0.1, 0.15) is 24.8 Å². The molecule has 2 nitrogen and oxygen atoms in total. The molecule has 122 valence electrons. The maximum absolute atomic E-state index is 13.0. The van der Waals surface area contributed by atoms with Crippen LogP contribution in [0.25, 0.3) is 0 Å². The van der Waals surface area contributed by atoms with Gasteiger partial charge >= 0.3 is 0 Å². The maximum atomic E-state index is 13.0. The van der Waals surface area contributed by atoms with Gasteiger partial charge in [-0.1, -0.05) is 37.3 Å². The predicted octanol–water partition coefficient (Wildman–Crippen LogP) is 4.14. The van der Waals surface area contributed by atoms with Gasteiger partial charge in [0.15, 0.2) is 0 Å². The van der Waals surface area contributed by atoms with E-state index in [9.17, 15) is 4.39 Å². The van der Waals surface area contributed by atoms with Crippen LogP contribution in [-0.2, 0) is 0 Å². The first kappa shape index (κ1) is 16.0. The average molecular weight is 312 g/mol. The Bertz CT molecular complexity index is 589. The van der Waals surface area contributed by atoms with E-state index in [2.05, 4.69) is 47.1 Å². The van der Waals surface area contributed by atoms with Crippen molar-refractivity contribution in [2.24, 2.45) is 0 Å². The van der Waals surface area contributed by atoms with Gasteiger partial charge < -0.3 is 4.90 Å². The van der Waals surface area contributed by atoms with Crippen molar-refractivity contribution in [1.82, 2.24) is 4.90 Å². The molecule has 0 saturated carbocycles. The molecule has 0 radical (unpaired) electrons. The lowest BCUT2D eigenvalue weighted by Crippen LogP contribution is -2.46. The van der Waals surface area contributed by atoms with Crippen molar-refractivity contribution in [1.29, 1.82) is 0 Å². The lowest BCUT2D eigenvalue weighted by Gasteiger charge is -2.36. The minimum atomic E-state index is -0.165. The van der Waals surface area contributed by atoms with E-state index in [0.29, 0.717) is 5.92 Å². The lowest BCUT2D eigenvalue weighted by atomic mass is 9.97. The maximum Gasteiger partial charge on any atom is 0.123 e. The minimum Gasteiger partial charge on any atom is -0.369 e. The summed E-state index contributed by atoms with van der Waals surface area (Å²) in [5.41, 5.74) is 2.56. The van der Waals surface area contributed by atoms with Crippen molar-refractivity contribution in [3.8, 4) is 0 Å². The standard InChI is InChI=1S/C20H25FN2/c1-17(18-5-3-2-4-6-18)11-12-22-13-15-23(16-14-22)20-9-7-19(21)8-10-20/h2-10,17H,11-16H2,1H3/t17-/m1/s1. The van der Waals surface area contributed by atoms with Gasteiger partial charge in [0.2, 0.25) is 0 Å². The first-order valence-electron chi connectivity index (χ1n) is 8.50. The minimum absolute atomic E-state index is 0.165. The second kappa shape index (κ2) is 7.60. The summed E-state index contributed by atoms with van der Waals surface area (Å²) in [4.78, 5) is 4.88. The quantitative estimate of drug-likeness (QED) is 0.818. The summed E-state index contributed by atoms with van der Waals surface area (Å²) >= 11 is 0. The highest BCUT2D eigenvalue weighted by Crippen LogP contribution is 2.20. The summed E-state index contributed by atoms with van der Waals surface area (Å²) in [5, 5.41) is 0. The van der Waals surface area contributed by atoms with Gasteiger partial charge in [-0.2, -0.15) is 0 Å². The van der Waals surface area contributed by atoms with Crippen molar-refractivity contribution in [3.05, 3.63) is 66.0 Å². The number of anilines is 1. The van der Waals surface area contributed by atoms with Gasteiger partial charge in [-0.25, -0.2) is 4.39 Å². The average Bonchev–Trinajstić information content (AvgIpc) is 2.61. The third kappa shape index (κ3) is 4.32. The van der Waals surface area contributed by atoms with Crippen molar-refractivity contribution in [2.75, 3.05) is 37.6 Å². The van der Waals surface area contributed by atoms with Gasteiger partial charge in [0, 0.05) is 31.9 Å². The normalized spacial score (nSPS) is 17.2. The van der Waals surface area contributed by atoms with Gasteiger partial charge in [-0.3, -0.25) is 4.90 Å². The van der Waals surface area contributed by atoms with Crippen LogP contribution in [0.3, 0.4) is 0 Å². The zero-order valence-electron chi connectivity index (χ0n) is 13.8. The van der Waals surface area contributed by atoms with Gasteiger partial charge in [0.1, 0.15) is 5.82 Å². The monoisotopic (exact) mass is 312 g/mol. The van der Waals surface area contributed by atoms with E-state index in [0.717, 1.165) is 38.4 Å². The molecule has 0 bridgehead atoms. The fourth-order valence-electron chi connectivity index (χ4n) is 3.21. The number of hydrogen-bond acceptors (Lipinski definition) is 2. The predicted molar refractivity (Wildman–Crippen MR) is 94.5 cm³/mol. The lowest BCUT2D eigenvalue weighted by molar-refractivity contribution is 0.249. The Labute approximate surface area is 138 Å². The largest absolute Gasteiger partial charge is 0.369 e. The van der Waals surface area contributed by atoms with Crippen LogP contribution in [0.15, 0.2) is 54.6 Å². The van der Waals surface area contributed by atoms with E-state index in [4.69, 9.17) is 0 Å². The fraction of sp³-hybridized carbons (Fsp3) is 0.400. The van der Waals surface area contributed by atoms with Gasteiger partial charge in [-0.05, 0) is 48.7 Å². The van der Waals surface area contributed by atoms with E-state index in [1.807, 2.05) is 12.1 Å². The first-order valence-corrected chi connectivity index (χ1v) is 8.50. The Balaban J connectivity index is 1.45. The third-order valence-electron chi connectivity index (χ3n) is 4.81. The molecule has 0 aliphatic carbocycles. The molecule has 1 fully saturated rings. The zero-order chi connectivity index (χ0) is 16.1. The number of halogens is 1. The Morgan fingerprint density at radius 3 is 2.22 bits per heavy atom.